The van der Waals surface area contributed by atoms with Crippen molar-refractivity contribution in [3.05, 3.63) is 0 Å². The summed E-state index contributed by atoms with van der Waals surface area (Å²) in [6.45, 7) is 8.59. The van der Waals surface area contributed by atoms with Crippen molar-refractivity contribution in [3.63, 3.8) is 0 Å². The van der Waals surface area contributed by atoms with Crippen LogP contribution >= 0.6 is 0 Å². The first-order valence-electron chi connectivity index (χ1n) is 19.3. The summed E-state index contributed by atoms with van der Waals surface area (Å²) in [4.78, 5) is 43.4. The Labute approximate surface area is 289 Å². The highest BCUT2D eigenvalue weighted by atomic mass is 16.6. The number of carbonyl (C=O) groups excluding carboxylic acids is 3. The number of nitrogens with zero attached hydrogens (tertiary/aromatic N) is 3. The third-order valence-electron chi connectivity index (χ3n) is 8.43. The average molecular weight is 670 g/mol. The van der Waals surface area contributed by atoms with E-state index in [4.69, 9.17) is 14.2 Å². The van der Waals surface area contributed by atoms with E-state index in [0.29, 0.717) is 39.1 Å². The van der Waals surface area contributed by atoms with Crippen molar-refractivity contribution in [1.82, 2.24) is 14.7 Å². The molecule has 0 aromatic heterocycles. The second-order valence-electron chi connectivity index (χ2n) is 13.8. The Morgan fingerprint density at radius 1 is 0.489 bits per heavy atom. The predicted octanol–water partition coefficient (Wildman–Crippen LogP) is 8.63. The first-order valence-corrected chi connectivity index (χ1v) is 19.3. The van der Waals surface area contributed by atoms with Gasteiger partial charge in [0.25, 0.3) is 0 Å². The van der Waals surface area contributed by atoms with Crippen molar-refractivity contribution in [2.75, 3.05) is 67.6 Å². The molecule has 0 N–H and O–H groups in total. The fourth-order valence-electron chi connectivity index (χ4n) is 5.49. The van der Waals surface area contributed by atoms with Crippen LogP contribution in [0.1, 0.15) is 155 Å². The molecule has 0 aromatic carbocycles. The van der Waals surface area contributed by atoms with Crippen LogP contribution in [0.25, 0.3) is 0 Å². The van der Waals surface area contributed by atoms with Crippen molar-refractivity contribution in [1.29, 1.82) is 0 Å². The van der Waals surface area contributed by atoms with Crippen LogP contribution in [0.5, 0.6) is 0 Å². The van der Waals surface area contributed by atoms with Gasteiger partial charge >= 0.3 is 18.0 Å². The summed E-state index contributed by atoms with van der Waals surface area (Å²) in [5.74, 6) is -0.149. The van der Waals surface area contributed by atoms with E-state index < -0.39 is 0 Å². The Morgan fingerprint density at radius 3 is 1.30 bits per heavy atom. The standard InChI is InChI=1S/C38H75N3O6/c1-7-9-11-19-27-36(42)45-33-21-15-13-17-25-35(26-18-14-16-22-34-46-37(43)28-20-12-10-8-2)47-38(44)41(31-23-29-39(3)4)32-24-30-40(5)6/h35H,7-34H2,1-6H3. The van der Waals surface area contributed by atoms with Gasteiger partial charge in [0, 0.05) is 25.9 Å². The fraction of sp³-hybridized carbons (Fsp3) is 0.921. The Hall–Kier alpha value is -1.87. The molecule has 0 aliphatic heterocycles. The van der Waals surface area contributed by atoms with Crippen LogP contribution in [0.4, 0.5) is 4.79 Å². The van der Waals surface area contributed by atoms with Gasteiger partial charge in [-0.1, -0.05) is 78.1 Å². The summed E-state index contributed by atoms with van der Waals surface area (Å²) in [6, 6.07) is 0. The molecule has 0 saturated heterocycles. The lowest BCUT2D eigenvalue weighted by atomic mass is 10.0. The molecule has 0 saturated carbocycles. The zero-order chi connectivity index (χ0) is 35.0. The second kappa shape index (κ2) is 32.7. The van der Waals surface area contributed by atoms with Gasteiger partial charge in [-0.15, -0.1) is 0 Å². The van der Waals surface area contributed by atoms with Crippen LogP contribution < -0.4 is 0 Å². The minimum absolute atomic E-state index is 0.0747. The van der Waals surface area contributed by atoms with Crippen LogP contribution in [0, 0.1) is 0 Å². The molecule has 0 aliphatic rings. The molecular weight excluding hydrogens is 594 g/mol. The molecular formula is C38H75N3O6. The SMILES string of the molecule is CCCCCCC(=O)OCCCCCCC(CCCCCCOC(=O)CCCCCC)OC(=O)N(CCCN(C)C)CCCN(C)C. The van der Waals surface area contributed by atoms with Gasteiger partial charge in [0.2, 0.25) is 0 Å². The van der Waals surface area contributed by atoms with Gasteiger partial charge in [0.1, 0.15) is 6.10 Å². The predicted molar refractivity (Wildman–Crippen MR) is 194 cm³/mol. The minimum atomic E-state index is -0.191. The Morgan fingerprint density at radius 2 is 0.894 bits per heavy atom. The maximum absolute atomic E-state index is 13.4. The number of unbranched alkanes of at least 4 members (excludes halogenated alkanes) is 12. The van der Waals surface area contributed by atoms with E-state index in [-0.39, 0.29) is 24.1 Å². The third kappa shape index (κ3) is 31.2. The summed E-state index contributed by atoms with van der Waals surface area (Å²) in [7, 11) is 8.23. The second-order valence-corrected chi connectivity index (χ2v) is 13.8. The Bertz CT molecular complexity index is 697. The molecule has 0 heterocycles. The monoisotopic (exact) mass is 670 g/mol. The Kier molecular flexibility index (Phi) is 31.4. The number of hydrogen-bond acceptors (Lipinski definition) is 8. The molecule has 0 spiro atoms. The van der Waals surface area contributed by atoms with E-state index in [0.717, 1.165) is 116 Å². The van der Waals surface area contributed by atoms with Crippen LogP contribution in [-0.4, -0.2) is 106 Å². The van der Waals surface area contributed by atoms with Crippen LogP contribution in [0.2, 0.25) is 0 Å². The smallest absolute Gasteiger partial charge is 0.410 e. The van der Waals surface area contributed by atoms with E-state index in [1.165, 1.54) is 25.7 Å². The molecule has 9 nitrogen and oxygen atoms in total. The first kappa shape index (κ1) is 45.1. The van der Waals surface area contributed by atoms with E-state index in [1.807, 2.05) is 4.90 Å². The highest BCUT2D eigenvalue weighted by Crippen LogP contribution is 2.18. The van der Waals surface area contributed by atoms with E-state index in [9.17, 15) is 14.4 Å². The van der Waals surface area contributed by atoms with Gasteiger partial charge in [-0.3, -0.25) is 9.59 Å². The summed E-state index contributed by atoms with van der Waals surface area (Å²) < 4.78 is 17.0. The molecule has 278 valence electrons. The lowest BCUT2D eigenvalue weighted by molar-refractivity contribution is -0.144. The molecule has 0 unspecified atom stereocenters. The fourth-order valence-corrected chi connectivity index (χ4v) is 5.49. The van der Waals surface area contributed by atoms with Crippen LogP contribution in [0.3, 0.4) is 0 Å². The molecule has 0 fully saturated rings. The van der Waals surface area contributed by atoms with Gasteiger partial charge in [-0.2, -0.15) is 0 Å². The van der Waals surface area contributed by atoms with Crippen molar-refractivity contribution >= 4 is 18.0 Å². The number of amides is 1. The van der Waals surface area contributed by atoms with Crippen LogP contribution in [0.15, 0.2) is 0 Å². The molecule has 0 aliphatic carbocycles. The number of esters is 2. The van der Waals surface area contributed by atoms with Crippen molar-refractivity contribution in [2.45, 2.75) is 161 Å². The maximum atomic E-state index is 13.4. The van der Waals surface area contributed by atoms with Gasteiger partial charge in [-0.25, -0.2) is 4.79 Å². The van der Waals surface area contributed by atoms with Crippen molar-refractivity contribution < 1.29 is 28.6 Å². The molecule has 1 amide bonds. The van der Waals surface area contributed by atoms with Gasteiger partial charge < -0.3 is 28.9 Å². The quantitative estimate of drug-likeness (QED) is 0.0390. The number of ether oxygens (including phenoxy) is 3. The summed E-state index contributed by atoms with van der Waals surface area (Å²) in [5.41, 5.74) is 0. The van der Waals surface area contributed by atoms with E-state index in [1.54, 1.807) is 0 Å². The van der Waals surface area contributed by atoms with Crippen molar-refractivity contribution in [2.24, 2.45) is 0 Å². The van der Waals surface area contributed by atoms with Gasteiger partial charge in [0.15, 0.2) is 0 Å². The van der Waals surface area contributed by atoms with Crippen molar-refractivity contribution in [3.8, 4) is 0 Å². The lowest BCUT2D eigenvalue weighted by Crippen LogP contribution is -2.37. The molecule has 0 aromatic rings. The lowest BCUT2D eigenvalue weighted by Gasteiger charge is -2.27. The molecule has 0 radical (unpaired) electrons. The molecule has 0 bridgehead atoms. The number of hydrogen-bond donors (Lipinski definition) is 0. The molecule has 0 atom stereocenters. The average Bonchev–Trinajstić information content (AvgIpc) is 3.02. The zero-order valence-corrected chi connectivity index (χ0v) is 31.7. The highest BCUT2D eigenvalue weighted by Gasteiger charge is 2.20. The van der Waals surface area contributed by atoms with E-state index in [2.05, 4.69) is 51.8 Å². The number of carbonyl (C=O) groups is 3. The topological polar surface area (TPSA) is 88.6 Å². The summed E-state index contributed by atoms with van der Waals surface area (Å²) >= 11 is 0. The van der Waals surface area contributed by atoms with Gasteiger partial charge in [0.05, 0.1) is 13.2 Å². The maximum Gasteiger partial charge on any atom is 0.410 e. The number of rotatable bonds is 33. The summed E-state index contributed by atoms with van der Waals surface area (Å²) in [6.07, 6.45) is 20.8. The zero-order valence-electron chi connectivity index (χ0n) is 31.7. The first-order chi connectivity index (χ1) is 22.7. The summed E-state index contributed by atoms with van der Waals surface area (Å²) in [5, 5.41) is 0. The molecule has 0 rings (SSSR count). The normalized spacial score (nSPS) is 11.4. The van der Waals surface area contributed by atoms with E-state index >= 15 is 0 Å². The van der Waals surface area contributed by atoms with Crippen LogP contribution in [-0.2, 0) is 23.8 Å². The third-order valence-corrected chi connectivity index (χ3v) is 8.43. The molecule has 9 heteroatoms. The largest absolute Gasteiger partial charge is 0.466 e. The highest BCUT2D eigenvalue weighted by molar-refractivity contribution is 5.69. The minimum Gasteiger partial charge on any atom is -0.466 e. The molecule has 47 heavy (non-hydrogen) atoms. The Balaban J connectivity index is 4.71. The van der Waals surface area contributed by atoms with Gasteiger partial charge in [-0.05, 0) is 105 Å².